The molecule has 3 aromatic rings. The summed E-state index contributed by atoms with van der Waals surface area (Å²) < 4.78 is 5.53. The summed E-state index contributed by atoms with van der Waals surface area (Å²) in [7, 11) is 0. The fraction of sp³-hybridized carbons (Fsp3) is 0.481. The van der Waals surface area contributed by atoms with Crippen LogP contribution in [0.2, 0.25) is 0 Å². The molecule has 2 unspecified atom stereocenters. The molecule has 0 bridgehead atoms. The number of likely N-dealkylation sites (tertiary alicyclic amines) is 1. The number of aromatic nitrogens is 2. The molecular formula is C27H34N4O4S. The van der Waals surface area contributed by atoms with Crippen LogP contribution in [0.25, 0.3) is 10.4 Å². The van der Waals surface area contributed by atoms with Crippen molar-refractivity contribution in [2.75, 3.05) is 13.2 Å². The van der Waals surface area contributed by atoms with Gasteiger partial charge in [0.25, 0.3) is 0 Å². The van der Waals surface area contributed by atoms with Gasteiger partial charge in [0.1, 0.15) is 17.7 Å². The van der Waals surface area contributed by atoms with E-state index >= 15 is 0 Å². The smallest absolute Gasteiger partial charge is 0.243 e. The van der Waals surface area contributed by atoms with E-state index in [4.69, 9.17) is 9.63 Å². The van der Waals surface area contributed by atoms with Crippen molar-refractivity contribution in [1.82, 2.24) is 20.4 Å². The van der Waals surface area contributed by atoms with Gasteiger partial charge in [-0.05, 0) is 49.7 Å². The average Bonchev–Trinajstić information content (AvgIpc) is 3.63. The number of thiazole rings is 1. The highest BCUT2D eigenvalue weighted by Gasteiger charge is 2.40. The minimum absolute atomic E-state index is 0.0128. The molecule has 0 radical (unpaired) electrons. The van der Waals surface area contributed by atoms with Crippen LogP contribution in [0.15, 0.2) is 40.4 Å². The predicted molar refractivity (Wildman–Crippen MR) is 138 cm³/mol. The van der Waals surface area contributed by atoms with Gasteiger partial charge in [-0.2, -0.15) is 0 Å². The molecule has 1 aromatic carbocycles. The lowest BCUT2D eigenvalue weighted by atomic mass is 9.91. The van der Waals surface area contributed by atoms with E-state index < -0.39 is 12.0 Å². The van der Waals surface area contributed by atoms with E-state index in [0.717, 1.165) is 33.8 Å². The van der Waals surface area contributed by atoms with Crippen molar-refractivity contribution in [3.8, 4) is 10.4 Å². The van der Waals surface area contributed by atoms with Gasteiger partial charge in [0.15, 0.2) is 0 Å². The van der Waals surface area contributed by atoms with Crippen LogP contribution in [-0.4, -0.2) is 51.2 Å². The van der Waals surface area contributed by atoms with Gasteiger partial charge in [0, 0.05) is 25.8 Å². The molecule has 4 rings (SSSR count). The highest BCUT2D eigenvalue weighted by molar-refractivity contribution is 7.13. The summed E-state index contributed by atoms with van der Waals surface area (Å²) in [5.74, 6) is -0.230. The molecule has 0 spiro atoms. The second-order valence-corrected chi connectivity index (χ2v) is 10.5. The molecule has 3 heterocycles. The molecule has 0 saturated carbocycles. The lowest BCUT2D eigenvalue weighted by Gasteiger charge is -2.29. The third-order valence-electron chi connectivity index (χ3n) is 6.67. The van der Waals surface area contributed by atoms with Crippen molar-refractivity contribution in [3.05, 3.63) is 58.6 Å². The maximum atomic E-state index is 13.6. The number of carbonyl (C=O) groups is 2. The Balaban J connectivity index is 1.39. The number of benzene rings is 1. The lowest BCUT2D eigenvalue weighted by molar-refractivity contribution is -0.140. The van der Waals surface area contributed by atoms with Crippen LogP contribution in [0.5, 0.6) is 0 Å². The van der Waals surface area contributed by atoms with Crippen LogP contribution in [0, 0.1) is 12.8 Å². The van der Waals surface area contributed by atoms with Crippen LogP contribution >= 0.6 is 11.3 Å². The first-order valence-electron chi connectivity index (χ1n) is 12.5. The van der Waals surface area contributed by atoms with E-state index in [-0.39, 0.29) is 24.3 Å². The van der Waals surface area contributed by atoms with Gasteiger partial charge in [-0.25, -0.2) is 4.98 Å². The first-order chi connectivity index (χ1) is 17.4. The van der Waals surface area contributed by atoms with Gasteiger partial charge < -0.3 is 19.8 Å². The summed E-state index contributed by atoms with van der Waals surface area (Å²) in [5.41, 5.74) is 5.70. The summed E-state index contributed by atoms with van der Waals surface area (Å²) >= 11 is 1.61. The highest BCUT2D eigenvalue weighted by atomic mass is 32.1. The zero-order valence-corrected chi connectivity index (χ0v) is 21.9. The monoisotopic (exact) mass is 510 g/mol. The zero-order valence-electron chi connectivity index (χ0n) is 21.1. The topological polar surface area (TPSA) is 109 Å². The summed E-state index contributed by atoms with van der Waals surface area (Å²) in [6.07, 6.45) is 2.62. The van der Waals surface area contributed by atoms with E-state index in [1.807, 2.05) is 50.5 Å². The van der Waals surface area contributed by atoms with E-state index in [9.17, 15) is 9.59 Å². The summed E-state index contributed by atoms with van der Waals surface area (Å²) in [6, 6.07) is 9.44. The van der Waals surface area contributed by atoms with Crippen LogP contribution in [0.4, 0.5) is 0 Å². The first-order valence-corrected chi connectivity index (χ1v) is 13.4. The molecule has 1 fully saturated rings. The Morgan fingerprint density at radius 2 is 2.06 bits per heavy atom. The number of amides is 2. The lowest BCUT2D eigenvalue weighted by Crippen LogP contribution is -2.47. The molecule has 1 saturated heterocycles. The van der Waals surface area contributed by atoms with Gasteiger partial charge in [-0.15, -0.1) is 11.3 Å². The summed E-state index contributed by atoms with van der Waals surface area (Å²) in [6.45, 7) is 6.98. The maximum Gasteiger partial charge on any atom is 0.243 e. The highest BCUT2D eigenvalue weighted by Crippen LogP contribution is 2.31. The largest absolute Gasteiger partial charge is 0.396 e. The van der Waals surface area contributed by atoms with Gasteiger partial charge in [0.05, 0.1) is 21.8 Å². The Bertz CT molecular complexity index is 1170. The minimum atomic E-state index is -0.503. The minimum Gasteiger partial charge on any atom is -0.396 e. The Labute approximate surface area is 215 Å². The van der Waals surface area contributed by atoms with Crippen molar-refractivity contribution in [2.45, 2.75) is 65.0 Å². The number of hydrogen-bond acceptors (Lipinski definition) is 7. The van der Waals surface area contributed by atoms with Crippen molar-refractivity contribution < 1.29 is 19.2 Å². The maximum absolute atomic E-state index is 13.6. The van der Waals surface area contributed by atoms with E-state index in [2.05, 4.69) is 15.5 Å². The number of hydrogen-bond donors (Lipinski definition) is 2. The Hall–Kier alpha value is -3.04. The molecule has 2 aromatic heterocycles. The number of nitrogens with one attached hydrogen (secondary N) is 1. The van der Waals surface area contributed by atoms with Crippen molar-refractivity contribution in [3.63, 3.8) is 0 Å². The number of nitrogens with zero attached hydrogens (tertiary/aromatic N) is 3. The number of carbonyl (C=O) groups excluding carboxylic acids is 2. The third kappa shape index (κ3) is 5.84. The van der Waals surface area contributed by atoms with Crippen LogP contribution in [-0.2, 0) is 22.6 Å². The molecule has 9 heteroatoms. The van der Waals surface area contributed by atoms with E-state index in [1.165, 1.54) is 0 Å². The third-order valence-corrected chi connectivity index (χ3v) is 7.65. The number of rotatable bonds is 10. The van der Waals surface area contributed by atoms with Gasteiger partial charge in [0.2, 0.25) is 11.8 Å². The molecule has 1 aliphatic heterocycles. The fourth-order valence-electron chi connectivity index (χ4n) is 4.73. The second-order valence-electron chi connectivity index (χ2n) is 9.64. The molecule has 8 nitrogen and oxygen atoms in total. The quantitative estimate of drug-likeness (QED) is 0.426. The first kappa shape index (κ1) is 26.0. The van der Waals surface area contributed by atoms with Crippen LogP contribution in [0.3, 0.4) is 0 Å². The van der Waals surface area contributed by atoms with Gasteiger partial charge in [-0.3, -0.25) is 9.59 Å². The molecule has 2 atom stereocenters. The van der Waals surface area contributed by atoms with E-state index in [1.54, 1.807) is 22.3 Å². The number of aliphatic hydroxyl groups is 1. The Morgan fingerprint density at radius 1 is 1.28 bits per heavy atom. The standard InChI is InChI=1S/C27H34N4O4S/c1-17(2)24(23-14-21(30-35-23)6-5-13-32)27(34)31-12-4-7-22(31)26(33)28-15-19-8-10-20(11-9-19)25-18(3)29-16-36-25/h8-11,14,16-17,22,24,32H,4-7,12-13,15H2,1-3H3,(H,28,33). The van der Waals surface area contributed by atoms with Crippen molar-refractivity contribution >= 4 is 23.2 Å². The average molecular weight is 511 g/mol. The molecule has 1 aliphatic rings. The Morgan fingerprint density at radius 3 is 2.72 bits per heavy atom. The normalized spacial score (nSPS) is 16.5. The number of aryl methyl sites for hydroxylation is 2. The molecule has 2 N–H and O–H groups in total. The molecule has 192 valence electrons. The van der Waals surface area contributed by atoms with Gasteiger partial charge >= 0.3 is 0 Å². The molecule has 2 amide bonds. The zero-order chi connectivity index (χ0) is 25.7. The summed E-state index contributed by atoms with van der Waals surface area (Å²) in [5, 5.41) is 16.2. The predicted octanol–water partition coefficient (Wildman–Crippen LogP) is 4.08. The fourth-order valence-corrected chi connectivity index (χ4v) is 5.54. The van der Waals surface area contributed by atoms with Crippen LogP contribution in [0.1, 0.15) is 61.7 Å². The Kier molecular flexibility index (Phi) is 8.53. The second kappa shape index (κ2) is 11.8. The van der Waals surface area contributed by atoms with E-state index in [0.29, 0.717) is 38.1 Å². The van der Waals surface area contributed by atoms with Crippen LogP contribution < -0.4 is 5.32 Å². The SMILES string of the molecule is Cc1ncsc1-c1ccc(CNC(=O)C2CCCN2C(=O)C(c2cc(CCCO)no2)C(C)C)cc1. The molecular weight excluding hydrogens is 476 g/mol. The van der Waals surface area contributed by atoms with Crippen molar-refractivity contribution in [1.29, 1.82) is 0 Å². The molecule has 0 aliphatic carbocycles. The summed E-state index contributed by atoms with van der Waals surface area (Å²) in [4.78, 5) is 33.9. The van der Waals surface area contributed by atoms with Gasteiger partial charge in [-0.1, -0.05) is 43.3 Å². The number of aliphatic hydroxyl groups excluding tert-OH is 1. The molecule has 36 heavy (non-hydrogen) atoms. The van der Waals surface area contributed by atoms with Crippen molar-refractivity contribution in [2.24, 2.45) is 5.92 Å².